The van der Waals surface area contributed by atoms with Gasteiger partial charge in [0, 0.05) is 18.1 Å². The van der Waals surface area contributed by atoms with Crippen molar-refractivity contribution in [1.82, 2.24) is 0 Å². The van der Waals surface area contributed by atoms with Crippen LogP contribution in [0.2, 0.25) is 0 Å². The number of fused-ring (bicyclic) bond motifs is 3. The van der Waals surface area contributed by atoms with Crippen LogP contribution in [0, 0.1) is 33.7 Å². The fourth-order valence-corrected chi connectivity index (χ4v) is 6.15. The number of non-ortho nitro benzene ring substituents is 1. The molecular formula is C29H29FN2O6. The van der Waals surface area contributed by atoms with E-state index in [9.17, 15) is 29.2 Å². The number of allylic oxidation sites excluding steroid dienone is 2. The number of hydrogen-bond acceptors (Lipinski definition) is 6. The standard InChI is InChI=1S/C29H29FN2O6/c1-3-17(12-18-7-9-24(33)23(30)13-18)8-10-25-26-16(2)11-21-27(22(26)15-38-25)29(35)31(28(21)34)19-5-4-6-20(14-19)32(36)37/h4-7,9,12-14,21-22,25,27,33H,3,8,10-11,15H2,1-2H3/b17-12+/t21-,22+,25-,27-/m1/s1. The van der Waals surface area contributed by atoms with Crippen molar-refractivity contribution < 1.29 is 28.7 Å². The van der Waals surface area contributed by atoms with Gasteiger partial charge in [0.2, 0.25) is 11.8 Å². The lowest BCUT2D eigenvalue weighted by molar-refractivity contribution is -0.384. The molecule has 38 heavy (non-hydrogen) atoms. The van der Waals surface area contributed by atoms with E-state index in [0.29, 0.717) is 31.4 Å². The third-order valence-electron chi connectivity index (χ3n) is 7.98. The van der Waals surface area contributed by atoms with E-state index in [0.717, 1.165) is 28.0 Å². The van der Waals surface area contributed by atoms with Gasteiger partial charge in [-0.2, -0.15) is 0 Å². The van der Waals surface area contributed by atoms with Crippen molar-refractivity contribution in [2.24, 2.45) is 17.8 Å². The molecule has 2 heterocycles. The van der Waals surface area contributed by atoms with Crippen LogP contribution in [0.1, 0.15) is 45.1 Å². The Labute approximate surface area is 219 Å². The van der Waals surface area contributed by atoms with Gasteiger partial charge in [0.25, 0.3) is 5.69 Å². The molecule has 1 N–H and O–H groups in total. The molecule has 198 valence electrons. The van der Waals surface area contributed by atoms with E-state index in [-0.39, 0.29) is 41.0 Å². The van der Waals surface area contributed by atoms with Gasteiger partial charge in [-0.05, 0) is 61.9 Å². The van der Waals surface area contributed by atoms with E-state index in [4.69, 9.17) is 4.74 Å². The first-order chi connectivity index (χ1) is 18.2. The number of hydrogen-bond donors (Lipinski definition) is 1. The highest BCUT2D eigenvalue weighted by molar-refractivity contribution is 6.22. The molecule has 2 aromatic carbocycles. The first-order valence-corrected chi connectivity index (χ1v) is 12.8. The van der Waals surface area contributed by atoms with Gasteiger partial charge in [0.05, 0.1) is 35.2 Å². The lowest BCUT2D eigenvalue weighted by Gasteiger charge is -2.30. The van der Waals surface area contributed by atoms with Gasteiger partial charge in [0.15, 0.2) is 11.6 Å². The summed E-state index contributed by atoms with van der Waals surface area (Å²) in [6, 6.07) is 9.93. The molecule has 2 aliphatic heterocycles. The molecule has 2 aromatic rings. The third kappa shape index (κ3) is 4.51. The first-order valence-electron chi connectivity index (χ1n) is 12.8. The Kier molecular flexibility index (Phi) is 6.88. The summed E-state index contributed by atoms with van der Waals surface area (Å²) in [5.74, 6) is -2.96. The minimum atomic E-state index is -0.663. The maximum Gasteiger partial charge on any atom is 0.271 e. The zero-order chi connectivity index (χ0) is 27.1. The quantitative estimate of drug-likeness (QED) is 0.222. The van der Waals surface area contributed by atoms with Crippen molar-refractivity contribution in [3.8, 4) is 5.75 Å². The molecule has 0 unspecified atom stereocenters. The number of halogens is 1. The monoisotopic (exact) mass is 520 g/mol. The summed E-state index contributed by atoms with van der Waals surface area (Å²) in [6.45, 7) is 4.36. The van der Waals surface area contributed by atoms with Crippen molar-refractivity contribution >= 4 is 29.3 Å². The Balaban J connectivity index is 1.34. The number of imide groups is 1. The molecule has 4 atom stereocenters. The second-order valence-electron chi connectivity index (χ2n) is 10.2. The van der Waals surface area contributed by atoms with Crippen LogP contribution < -0.4 is 4.90 Å². The fraction of sp³-hybridized carbons (Fsp3) is 0.379. The number of carbonyl (C=O) groups excluding carboxylic acids is 2. The van der Waals surface area contributed by atoms with Crippen molar-refractivity contribution in [1.29, 1.82) is 0 Å². The van der Waals surface area contributed by atoms with E-state index in [1.165, 1.54) is 30.3 Å². The van der Waals surface area contributed by atoms with Crippen LogP contribution in [0.4, 0.5) is 15.8 Å². The number of nitro benzene ring substituents is 1. The van der Waals surface area contributed by atoms with Gasteiger partial charge in [-0.1, -0.05) is 36.3 Å². The minimum absolute atomic E-state index is 0.174. The number of rotatable bonds is 7. The van der Waals surface area contributed by atoms with Crippen molar-refractivity contribution in [3.05, 3.63) is 80.7 Å². The SMILES string of the molecule is CC/C(=C\c1ccc(O)c(F)c1)CC[C@H]1OC[C@H]2C1=C(C)C[C@H]1C(=O)N(c3cccc([N+](=O)[O-])c3)C(=O)[C@H]12. The number of ether oxygens (including phenoxy) is 1. The normalized spacial score (nSPS) is 25.1. The van der Waals surface area contributed by atoms with Crippen molar-refractivity contribution in [2.45, 2.75) is 45.6 Å². The second-order valence-corrected chi connectivity index (χ2v) is 10.2. The Morgan fingerprint density at radius 2 is 2.00 bits per heavy atom. The molecular weight excluding hydrogens is 491 g/mol. The molecule has 9 heteroatoms. The average molecular weight is 521 g/mol. The molecule has 0 radical (unpaired) electrons. The molecule has 0 saturated carbocycles. The topological polar surface area (TPSA) is 110 Å². The van der Waals surface area contributed by atoms with E-state index in [2.05, 4.69) is 0 Å². The molecule has 2 fully saturated rings. The Hall–Kier alpha value is -3.85. The lowest BCUT2D eigenvalue weighted by Crippen LogP contribution is -2.34. The summed E-state index contributed by atoms with van der Waals surface area (Å²) in [7, 11) is 0. The molecule has 0 spiro atoms. The van der Waals surface area contributed by atoms with E-state index in [1.54, 1.807) is 12.1 Å². The Bertz CT molecular complexity index is 1380. The maximum absolute atomic E-state index is 13.8. The summed E-state index contributed by atoms with van der Waals surface area (Å²) in [5, 5.41) is 20.7. The molecule has 3 aliphatic rings. The van der Waals surface area contributed by atoms with Gasteiger partial charge >= 0.3 is 0 Å². The van der Waals surface area contributed by atoms with Crippen LogP contribution in [0.25, 0.3) is 6.08 Å². The minimum Gasteiger partial charge on any atom is -0.505 e. The Morgan fingerprint density at radius 1 is 1.21 bits per heavy atom. The number of amides is 2. The number of nitro groups is 1. The summed E-state index contributed by atoms with van der Waals surface area (Å²) >= 11 is 0. The number of phenolic OH excluding ortho intramolecular Hbond substituents is 1. The van der Waals surface area contributed by atoms with Crippen LogP contribution in [-0.4, -0.2) is 34.6 Å². The van der Waals surface area contributed by atoms with E-state index < -0.39 is 22.6 Å². The van der Waals surface area contributed by atoms with E-state index in [1.807, 2.05) is 19.9 Å². The van der Waals surface area contributed by atoms with Gasteiger partial charge in [-0.15, -0.1) is 0 Å². The third-order valence-corrected chi connectivity index (χ3v) is 7.98. The lowest BCUT2D eigenvalue weighted by atomic mass is 9.70. The van der Waals surface area contributed by atoms with Crippen LogP contribution in [0.15, 0.2) is 59.2 Å². The fourth-order valence-electron chi connectivity index (χ4n) is 6.15. The van der Waals surface area contributed by atoms with E-state index >= 15 is 0 Å². The summed E-state index contributed by atoms with van der Waals surface area (Å²) in [4.78, 5) is 38.7. The van der Waals surface area contributed by atoms with Crippen LogP contribution in [0.5, 0.6) is 5.75 Å². The van der Waals surface area contributed by atoms with Crippen LogP contribution in [-0.2, 0) is 14.3 Å². The number of anilines is 1. The molecule has 2 amide bonds. The highest BCUT2D eigenvalue weighted by Crippen LogP contribution is 2.50. The molecule has 2 saturated heterocycles. The van der Waals surface area contributed by atoms with Gasteiger partial charge < -0.3 is 9.84 Å². The predicted molar refractivity (Wildman–Crippen MR) is 139 cm³/mol. The molecule has 0 bridgehead atoms. The van der Waals surface area contributed by atoms with Gasteiger partial charge in [-0.3, -0.25) is 19.7 Å². The zero-order valence-electron chi connectivity index (χ0n) is 21.2. The largest absolute Gasteiger partial charge is 0.505 e. The Morgan fingerprint density at radius 3 is 2.71 bits per heavy atom. The summed E-state index contributed by atoms with van der Waals surface area (Å²) in [6.07, 6.45) is 4.37. The summed E-state index contributed by atoms with van der Waals surface area (Å²) in [5.41, 5.74) is 3.98. The molecule has 5 rings (SSSR count). The first kappa shape index (κ1) is 25.8. The molecule has 0 aromatic heterocycles. The number of carbonyl (C=O) groups is 2. The zero-order valence-corrected chi connectivity index (χ0v) is 21.2. The summed E-state index contributed by atoms with van der Waals surface area (Å²) < 4.78 is 19.9. The average Bonchev–Trinajstić information content (AvgIpc) is 3.43. The van der Waals surface area contributed by atoms with Crippen LogP contribution in [0.3, 0.4) is 0 Å². The molecule has 1 aliphatic carbocycles. The number of benzene rings is 2. The highest BCUT2D eigenvalue weighted by atomic mass is 19.1. The van der Waals surface area contributed by atoms with Gasteiger partial charge in [0.1, 0.15) is 0 Å². The van der Waals surface area contributed by atoms with Crippen molar-refractivity contribution in [2.75, 3.05) is 11.5 Å². The number of nitrogens with zero attached hydrogens (tertiary/aromatic N) is 2. The predicted octanol–water partition coefficient (Wildman–Crippen LogP) is 5.55. The number of aromatic hydroxyl groups is 1. The van der Waals surface area contributed by atoms with Crippen LogP contribution >= 0.6 is 0 Å². The van der Waals surface area contributed by atoms with Gasteiger partial charge in [-0.25, -0.2) is 9.29 Å². The second kappa shape index (κ2) is 10.1. The van der Waals surface area contributed by atoms with Crippen molar-refractivity contribution in [3.63, 3.8) is 0 Å². The smallest absolute Gasteiger partial charge is 0.271 e. The molecule has 8 nitrogen and oxygen atoms in total. The number of phenols is 1. The highest BCUT2D eigenvalue weighted by Gasteiger charge is 2.56. The maximum atomic E-state index is 13.8.